The maximum absolute atomic E-state index is 14.4. The van der Waals surface area contributed by atoms with Crippen LogP contribution in [0.1, 0.15) is 80.4 Å². The van der Waals surface area contributed by atoms with Gasteiger partial charge in [-0.2, -0.15) is 0 Å². The van der Waals surface area contributed by atoms with Crippen molar-refractivity contribution in [3.63, 3.8) is 0 Å². The zero-order chi connectivity index (χ0) is 42.7. The second kappa shape index (κ2) is 18.6. The number of aromatic nitrogens is 2. The first-order valence-electron chi connectivity index (χ1n) is 20.0. The number of nitrogens with zero attached hydrogens (tertiary/aromatic N) is 4. The van der Waals surface area contributed by atoms with Crippen molar-refractivity contribution in [2.75, 3.05) is 33.0 Å². The number of carbonyl (C=O) groups is 3. The third-order valence-electron chi connectivity index (χ3n) is 11.7. The molecule has 3 saturated heterocycles. The summed E-state index contributed by atoms with van der Waals surface area (Å²) in [5.74, 6) is -4.72. The number of aliphatic hydroxyl groups is 2. The SMILES string of the molecule is CC[C@H]1OC(=O)[C@H](C)C(=O)[C@H](C)[C@@H](O[C@@H]2O[C@H](C)C[C@H](N(C)C)[C@H]2O)[C@@]2(C)C[C@@H](C)C(=O)[C@H](C)[C@H](OC/C(=N\OCc3cnc(-c4cccc(N)n4)o3)CO2)[C@]1(C)O. The average Bonchev–Trinajstić information content (AvgIpc) is 3.65. The molecule has 0 amide bonds. The lowest BCUT2D eigenvalue weighted by Crippen LogP contribution is -2.60. The molecule has 58 heavy (non-hydrogen) atoms. The minimum Gasteiger partial charge on any atom is -0.459 e. The van der Waals surface area contributed by atoms with E-state index < -0.39 is 77.3 Å². The smallest absolute Gasteiger partial charge is 0.316 e. The van der Waals surface area contributed by atoms with Crippen molar-refractivity contribution in [1.82, 2.24) is 14.9 Å². The van der Waals surface area contributed by atoms with Gasteiger partial charge in [0.05, 0.1) is 43.3 Å². The molecule has 322 valence electrons. The number of ether oxygens (including phenoxy) is 5. The maximum atomic E-state index is 14.4. The molecule has 3 fully saturated rings. The Hall–Kier alpha value is -3.84. The fraction of sp³-hybridized carbons (Fsp3) is 0.707. The number of pyridine rings is 1. The van der Waals surface area contributed by atoms with Gasteiger partial charge in [-0.25, -0.2) is 9.97 Å². The summed E-state index contributed by atoms with van der Waals surface area (Å²) >= 11 is 0. The molecule has 17 heteroatoms. The molecule has 0 aromatic carbocycles. The van der Waals surface area contributed by atoms with Crippen LogP contribution in [0.5, 0.6) is 0 Å². The second-order valence-corrected chi connectivity index (χ2v) is 16.7. The van der Waals surface area contributed by atoms with Crippen molar-refractivity contribution in [3.8, 4) is 11.6 Å². The number of anilines is 1. The summed E-state index contributed by atoms with van der Waals surface area (Å²) in [5, 5.41) is 28.1. The first-order valence-corrected chi connectivity index (χ1v) is 20.0. The van der Waals surface area contributed by atoms with Crippen molar-refractivity contribution >= 4 is 29.1 Å². The van der Waals surface area contributed by atoms with Crippen LogP contribution in [-0.4, -0.2) is 130 Å². The van der Waals surface area contributed by atoms with Gasteiger partial charge in [0.2, 0.25) is 5.89 Å². The van der Waals surface area contributed by atoms with E-state index in [1.54, 1.807) is 52.8 Å². The van der Waals surface area contributed by atoms with Crippen molar-refractivity contribution in [1.29, 1.82) is 0 Å². The normalized spacial score (nSPS) is 37.8. The Balaban J connectivity index is 1.57. The maximum Gasteiger partial charge on any atom is 0.316 e. The van der Waals surface area contributed by atoms with E-state index in [0.717, 1.165) is 0 Å². The van der Waals surface area contributed by atoms with E-state index in [9.17, 15) is 24.6 Å². The van der Waals surface area contributed by atoms with Crippen LogP contribution in [0, 0.1) is 23.7 Å². The molecule has 17 nitrogen and oxygen atoms in total. The third kappa shape index (κ3) is 9.95. The van der Waals surface area contributed by atoms with Gasteiger partial charge in [0.15, 0.2) is 24.4 Å². The van der Waals surface area contributed by atoms with Crippen molar-refractivity contribution < 1.29 is 57.5 Å². The predicted octanol–water partition coefficient (Wildman–Crippen LogP) is 3.34. The number of aliphatic hydroxyl groups excluding tert-OH is 1. The molecule has 5 rings (SSSR count). The van der Waals surface area contributed by atoms with Gasteiger partial charge in [-0.3, -0.25) is 14.4 Å². The van der Waals surface area contributed by atoms with Gasteiger partial charge >= 0.3 is 5.97 Å². The molecule has 4 N–H and O–H groups in total. The first-order chi connectivity index (χ1) is 27.3. The van der Waals surface area contributed by atoms with E-state index >= 15 is 0 Å². The molecule has 2 bridgehead atoms. The number of oxime groups is 1. The van der Waals surface area contributed by atoms with Gasteiger partial charge in [-0.15, -0.1) is 0 Å². The number of nitrogen functional groups attached to an aromatic ring is 1. The molecule has 0 saturated carbocycles. The van der Waals surface area contributed by atoms with Crippen molar-refractivity contribution in [2.24, 2.45) is 28.8 Å². The quantitative estimate of drug-likeness (QED) is 0.197. The zero-order valence-corrected chi connectivity index (χ0v) is 35.2. The Kier molecular flexibility index (Phi) is 14.5. The second-order valence-electron chi connectivity index (χ2n) is 16.7. The number of oxazole rings is 1. The van der Waals surface area contributed by atoms with Crippen molar-refractivity contribution in [3.05, 3.63) is 30.2 Å². The average molecular weight is 816 g/mol. The molecule has 2 aromatic rings. The van der Waals surface area contributed by atoms with Crippen LogP contribution < -0.4 is 5.73 Å². The Morgan fingerprint density at radius 2 is 1.78 bits per heavy atom. The third-order valence-corrected chi connectivity index (χ3v) is 11.7. The molecule has 3 aliphatic heterocycles. The van der Waals surface area contributed by atoms with Gasteiger partial charge in [0, 0.05) is 23.8 Å². The minimum absolute atomic E-state index is 0.0336. The van der Waals surface area contributed by atoms with E-state index in [0.29, 0.717) is 23.7 Å². The highest BCUT2D eigenvalue weighted by Crippen LogP contribution is 2.39. The van der Waals surface area contributed by atoms with Gasteiger partial charge in [-0.1, -0.05) is 38.9 Å². The van der Waals surface area contributed by atoms with Crippen LogP contribution in [0.4, 0.5) is 5.82 Å². The van der Waals surface area contributed by atoms with E-state index in [-0.39, 0.29) is 62.2 Å². The highest BCUT2D eigenvalue weighted by molar-refractivity contribution is 6.00. The molecule has 2 aromatic heterocycles. The number of esters is 1. The van der Waals surface area contributed by atoms with E-state index in [2.05, 4.69) is 15.1 Å². The van der Waals surface area contributed by atoms with Crippen LogP contribution >= 0.6 is 0 Å². The van der Waals surface area contributed by atoms with Crippen LogP contribution in [0.15, 0.2) is 34.0 Å². The number of nitrogens with two attached hydrogens (primary N) is 1. The fourth-order valence-corrected chi connectivity index (χ4v) is 8.45. The van der Waals surface area contributed by atoms with Crippen LogP contribution in [-0.2, 0) is 49.5 Å². The summed E-state index contributed by atoms with van der Waals surface area (Å²) in [6.07, 6.45) is -3.97. The molecule has 0 spiro atoms. The number of likely N-dealkylation sites (N-methyl/N-ethyl adjacent to an activating group) is 1. The number of hydrogen-bond donors (Lipinski definition) is 3. The molecule has 0 unspecified atom stereocenters. The summed E-state index contributed by atoms with van der Waals surface area (Å²) in [5.41, 5.74) is 3.14. The molecule has 0 radical (unpaired) electrons. The largest absolute Gasteiger partial charge is 0.459 e. The lowest BCUT2D eigenvalue weighted by atomic mass is 9.74. The standard InChI is InChI=1S/C41H61N5O12/c1-11-30-41(8,51)36-23(4)32(47)21(2)16-40(7,53-19-26(18-52-36)45-54-20-27-17-43-37(56-27)28-13-12-14-31(42)44-28)35(24(5)33(48)25(6)38(50)57-30)58-39-34(49)29(46(9)10)15-22(3)55-39/h12-14,17,21-25,29-30,34-36,39,49,51H,11,15-16,18-20H2,1-10H3,(H2,42,44)/b45-26+/t21-,22-,23+,24+,25-,29+,30-,34-,35-,36+,39+,40-,41-/m1/s1. The molecular formula is C41H61N5O12. The minimum atomic E-state index is -1.90. The summed E-state index contributed by atoms with van der Waals surface area (Å²) < 4.78 is 37.7. The van der Waals surface area contributed by atoms with Gasteiger partial charge in [-0.05, 0) is 73.2 Å². The van der Waals surface area contributed by atoms with Gasteiger partial charge < -0.3 is 53.8 Å². The van der Waals surface area contributed by atoms with Crippen LogP contribution in [0.3, 0.4) is 0 Å². The van der Waals surface area contributed by atoms with Crippen LogP contribution in [0.25, 0.3) is 11.6 Å². The number of hydrogen-bond acceptors (Lipinski definition) is 17. The van der Waals surface area contributed by atoms with Gasteiger partial charge in [0.1, 0.15) is 46.7 Å². The summed E-state index contributed by atoms with van der Waals surface area (Å²) in [7, 11) is 3.70. The molecule has 13 atom stereocenters. The topological polar surface area (TPSA) is 228 Å². The summed E-state index contributed by atoms with van der Waals surface area (Å²) in [6, 6.07) is 4.75. The Labute approximate surface area is 339 Å². The highest BCUT2D eigenvalue weighted by atomic mass is 16.7. The molecular weight excluding hydrogens is 754 g/mol. The molecule has 0 aliphatic carbocycles. The van der Waals surface area contributed by atoms with E-state index in [4.69, 9.17) is 38.7 Å². The highest BCUT2D eigenvalue weighted by Gasteiger charge is 2.53. The zero-order valence-electron chi connectivity index (χ0n) is 35.2. The number of fused-ring (bicyclic) bond motifs is 5. The summed E-state index contributed by atoms with van der Waals surface area (Å²) in [6.45, 7) is 12.6. The lowest BCUT2D eigenvalue weighted by molar-refractivity contribution is -0.296. The van der Waals surface area contributed by atoms with Gasteiger partial charge in [0.25, 0.3) is 0 Å². The lowest BCUT2D eigenvalue weighted by Gasteiger charge is -2.47. The number of ketones is 2. The molecule has 5 heterocycles. The fourth-order valence-electron chi connectivity index (χ4n) is 8.45. The Morgan fingerprint density at radius 1 is 1.05 bits per heavy atom. The first kappa shape index (κ1) is 45.2. The van der Waals surface area contributed by atoms with E-state index in [1.165, 1.54) is 20.0 Å². The monoisotopic (exact) mass is 815 g/mol. The molecule has 3 aliphatic rings. The number of rotatable bonds is 8. The van der Waals surface area contributed by atoms with Crippen LogP contribution in [0.2, 0.25) is 0 Å². The predicted molar refractivity (Wildman–Crippen MR) is 210 cm³/mol. The van der Waals surface area contributed by atoms with E-state index in [1.807, 2.05) is 25.9 Å². The number of Topliss-reactive ketones (excluding diaryl/α,β-unsaturated/α-hetero) is 2. The number of cyclic esters (lactones) is 1. The number of carbonyl (C=O) groups excluding carboxylic acids is 3. The summed E-state index contributed by atoms with van der Waals surface area (Å²) in [4.78, 5) is 58.6. The van der Waals surface area contributed by atoms with Crippen molar-refractivity contribution in [2.45, 2.75) is 135 Å². The Morgan fingerprint density at radius 3 is 2.45 bits per heavy atom. The Bertz CT molecular complexity index is 1780.